The Kier molecular flexibility index (Phi) is 3.26. The average molecular weight is 254 g/mol. The Morgan fingerprint density at radius 2 is 2.50 bits per heavy atom. The fourth-order valence-electron chi connectivity index (χ4n) is 1.44. The Bertz CT molecular complexity index is 489. The number of fused-ring (bicyclic) bond motifs is 1. The van der Waals surface area contributed by atoms with Crippen molar-refractivity contribution in [3.8, 4) is 11.6 Å². The summed E-state index contributed by atoms with van der Waals surface area (Å²) in [6, 6.07) is 1.22. The van der Waals surface area contributed by atoms with Gasteiger partial charge in [0.15, 0.2) is 6.10 Å². The predicted molar refractivity (Wildman–Crippen MR) is 57.4 cm³/mol. The van der Waals surface area contributed by atoms with E-state index in [-0.39, 0.29) is 30.5 Å². The SMILES string of the molecule is CC(=O)OCC1COc2nccc([N+](=O)[O-])c2O1. The summed E-state index contributed by atoms with van der Waals surface area (Å²) in [6.45, 7) is 1.36. The second kappa shape index (κ2) is 4.86. The van der Waals surface area contributed by atoms with Crippen molar-refractivity contribution in [2.45, 2.75) is 13.0 Å². The van der Waals surface area contributed by atoms with Gasteiger partial charge in [0.1, 0.15) is 13.2 Å². The number of carbonyl (C=O) groups is 1. The molecule has 1 aliphatic rings. The number of nitrogens with zero attached hydrogens (tertiary/aromatic N) is 2. The first-order chi connectivity index (χ1) is 8.58. The maximum atomic E-state index is 10.8. The van der Waals surface area contributed by atoms with Gasteiger partial charge in [-0.05, 0) is 0 Å². The van der Waals surface area contributed by atoms with Crippen molar-refractivity contribution in [2.75, 3.05) is 13.2 Å². The third-order valence-electron chi connectivity index (χ3n) is 2.21. The molecule has 96 valence electrons. The van der Waals surface area contributed by atoms with Gasteiger partial charge in [0.05, 0.1) is 4.92 Å². The highest BCUT2D eigenvalue weighted by atomic mass is 16.6. The van der Waals surface area contributed by atoms with Gasteiger partial charge >= 0.3 is 11.7 Å². The minimum atomic E-state index is -0.585. The number of nitro groups is 1. The van der Waals surface area contributed by atoms with E-state index in [4.69, 9.17) is 14.2 Å². The number of aromatic nitrogens is 1. The number of rotatable bonds is 3. The van der Waals surface area contributed by atoms with E-state index in [1.54, 1.807) is 0 Å². The first-order valence-electron chi connectivity index (χ1n) is 5.14. The van der Waals surface area contributed by atoms with E-state index in [2.05, 4.69) is 4.98 Å². The van der Waals surface area contributed by atoms with Crippen molar-refractivity contribution in [3.63, 3.8) is 0 Å². The van der Waals surface area contributed by atoms with Crippen molar-refractivity contribution in [1.29, 1.82) is 0 Å². The lowest BCUT2D eigenvalue weighted by Gasteiger charge is -2.24. The van der Waals surface area contributed by atoms with Crippen molar-refractivity contribution >= 4 is 11.7 Å². The quantitative estimate of drug-likeness (QED) is 0.444. The summed E-state index contributed by atoms with van der Waals surface area (Å²) in [4.78, 5) is 24.7. The highest BCUT2D eigenvalue weighted by Gasteiger charge is 2.30. The molecule has 1 aromatic rings. The third kappa shape index (κ3) is 2.47. The minimum absolute atomic E-state index is 0.0270. The average Bonchev–Trinajstić information content (AvgIpc) is 2.35. The van der Waals surface area contributed by atoms with E-state index in [1.807, 2.05) is 0 Å². The summed E-state index contributed by atoms with van der Waals surface area (Å²) >= 11 is 0. The summed E-state index contributed by atoms with van der Waals surface area (Å²) in [5.41, 5.74) is -0.229. The van der Waals surface area contributed by atoms with Crippen LogP contribution in [0.3, 0.4) is 0 Å². The number of carbonyl (C=O) groups excluding carboxylic acids is 1. The van der Waals surface area contributed by atoms with Crippen molar-refractivity contribution < 1.29 is 23.9 Å². The van der Waals surface area contributed by atoms with Crippen LogP contribution in [0.4, 0.5) is 5.69 Å². The van der Waals surface area contributed by atoms with E-state index < -0.39 is 17.0 Å². The van der Waals surface area contributed by atoms with Crippen molar-refractivity contribution in [1.82, 2.24) is 4.98 Å². The van der Waals surface area contributed by atoms with Crippen LogP contribution in [0.15, 0.2) is 12.3 Å². The Morgan fingerprint density at radius 1 is 1.72 bits per heavy atom. The van der Waals surface area contributed by atoms with Crippen LogP contribution in [-0.4, -0.2) is 35.2 Å². The monoisotopic (exact) mass is 254 g/mol. The van der Waals surface area contributed by atoms with Gasteiger partial charge in [0.25, 0.3) is 11.6 Å². The summed E-state index contributed by atoms with van der Waals surface area (Å²) in [5, 5.41) is 10.8. The van der Waals surface area contributed by atoms with Crippen LogP contribution >= 0.6 is 0 Å². The molecule has 0 aliphatic carbocycles. The normalized spacial score (nSPS) is 17.1. The van der Waals surface area contributed by atoms with Gasteiger partial charge in [0, 0.05) is 19.2 Å². The molecule has 1 aliphatic heterocycles. The van der Waals surface area contributed by atoms with Crippen molar-refractivity contribution in [3.05, 3.63) is 22.4 Å². The fraction of sp³-hybridized carbons (Fsp3) is 0.400. The second-order valence-electron chi connectivity index (χ2n) is 3.57. The van der Waals surface area contributed by atoms with Gasteiger partial charge in [-0.25, -0.2) is 4.98 Å². The molecule has 1 unspecified atom stereocenters. The van der Waals surface area contributed by atoms with Crippen LogP contribution < -0.4 is 9.47 Å². The summed E-state index contributed by atoms with van der Waals surface area (Å²) < 4.78 is 15.4. The maximum Gasteiger partial charge on any atom is 0.318 e. The highest BCUT2D eigenvalue weighted by Crippen LogP contribution is 2.37. The molecule has 0 radical (unpaired) electrons. The molecule has 0 bridgehead atoms. The molecule has 0 spiro atoms. The van der Waals surface area contributed by atoms with Gasteiger partial charge in [-0.3, -0.25) is 14.9 Å². The van der Waals surface area contributed by atoms with Crippen LogP contribution in [0, 0.1) is 10.1 Å². The fourth-order valence-corrected chi connectivity index (χ4v) is 1.44. The zero-order valence-corrected chi connectivity index (χ0v) is 9.49. The molecule has 0 aromatic carbocycles. The molecule has 8 nitrogen and oxygen atoms in total. The number of hydrogen-bond donors (Lipinski definition) is 0. The molecule has 1 aromatic heterocycles. The van der Waals surface area contributed by atoms with E-state index in [0.29, 0.717) is 0 Å². The Morgan fingerprint density at radius 3 is 3.17 bits per heavy atom. The smallest absolute Gasteiger partial charge is 0.318 e. The lowest BCUT2D eigenvalue weighted by atomic mass is 10.3. The van der Waals surface area contributed by atoms with Crippen LogP contribution in [-0.2, 0) is 9.53 Å². The second-order valence-corrected chi connectivity index (χ2v) is 3.57. The Labute approximate surface area is 102 Å². The van der Waals surface area contributed by atoms with Crippen molar-refractivity contribution in [2.24, 2.45) is 0 Å². The molecule has 8 heteroatoms. The topological polar surface area (TPSA) is 101 Å². The molecule has 0 saturated carbocycles. The first kappa shape index (κ1) is 12.1. The summed E-state index contributed by atoms with van der Waals surface area (Å²) in [6.07, 6.45) is 0.691. The van der Waals surface area contributed by atoms with Crippen LogP contribution in [0.2, 0.25) is 0 Å². The minimum Gasteiger partial charge on any atom is -0.472 e. The lowest BCUT2D eigenvalue weighted by molar-refractivity contribution is -0.386. The first-order valence-corrected chi connectivity index (χ1v) is 5.14. The van der Waals surface area contributed by atoms with Gasteiger partial charge < -0.3 is 14.2 Å². The third-order valence-corrected chi connectivity index (χ3v) is 2.21. The zero-order chi connectivity index (χ0) is 13.1. The Hall–Kier alpha value is -2.38. The van der Waals surface area contributed by atoms with Crippen LogP contribution in [0.25, 0.3) is 0 Å². The molecule has 2 heterocycles. The molecule has 0 saturated heterocycles. The lowest BCUT2D eigenvalue weighted by Crippen LogP contribution is -2.34. The summed E-state index contributed by atoms with van der Waals surface area (Å²) in [5.74, 6) is -0.417. The standard InChI is InChI=1S/C10H10N2O6/c1-6(13)16-4-7-5-17-10-9(18-7)8(12(14)15)2-3-11-10/h2-3,7H,4-5H2,1H3. The molecule has 18 heavy (non-hydrogen) atoms. The number of hydrogen-bond acceptors (Lipinski definition) is 7. The molecule has 0 amide bonds. The van der Waals surface area contributed by atoms with Gasteiger partial charge in [-0.15, -0.1) is 0 Å². The largest absolute Gasteiger partial charge is 0.472 e. The zero-order valence-electron chi connectivity index (χ0n) is 9.49. The van der Waals surface area contributed by atoms with E-state index in [9.17, 15) is 14.9 Å². The highest BCUT2D eigenvalue weighted by molar-refractivity contribution is 5.65. The van der Waals surface area contributed by atoms with Gasteiger partial charge in [-0.2, -0.15) is 0 Å². The number of ether oxygens (including phenoxy) is 3. The maximum absolute atomic E-state index is 10.8. The van der Waals surface area contributed by atoms with E-state index in [1.165, 1.54) is 19.2 Å². The van der Waals surface area contributed by atoms with Gasteiger partial charge in [-0.1, -0.05) is 0 Å². The van der Waals surface area contributed by atoms with E-state index in [0.717, 1.165) is 0 Å². The summed E-state index contributed by atoms with van der Waals surface area (Å²) in [7, 11) is 0. The molecule has 0 fully saturated rings. The van der Waals surface area contributed by atoms with Gasteiger partial charge in [0.2, 0.25) is 0 Å². The predicted octanol–water partition coefficient (Wildman–Crippen LogP) is 0.693. The molecular weight excluding hydrogens is 244 g/mol. The molecule has 1 atom stereocenters. The molecule has 2 rings (SSSR count). The Balaban J connectivity index is 2.16. The number of pyridine rings is 1. The van der Waals surface area contributed by atoms with Crippen LogP contribution in [0.1, 0.15) is 6.92 Å². The molecular formula is C10H10N2O6. The number of esters is 1. The van der Waals surface area contributed by atoms with Crippen LogP contribution in [0.5, 0.6) is 11.6 Å². The van der Waals surface area contributed by atoms with E-state index >= 15 is 0 Å². The molecule has 0 N–H and O–H groups in total.